The Morgan fingerprint density at radius 1 is 1.11 bits per heavy atom. The fourth-order valence-corrected chi connectivity index (χ4v) is 4.11. The minimum absolute atomic E-state index is 0.0447. The first-order chi connectivity index (χ1) is 9.09. The van der Waals surface area contributed by atoms with Crippen LogP contribution in [0, 0.1) is 0 Å². The SMILES string of the molecule is CN(C1CCCCC1)S(=O)(=O)NCC1CCCCO1. The van der Waals surface area contributed by atoms with Crippen LogP contribution in [0.2, 0.25) is 0 Å². The van der Waals surface area contributed by atoms with Gasteiger partial charge in [-0.2, -0.15) is 17.4 Å². The number of nitrogens with one attached hydrogen (secondary N) is 1. The van der Waals surface area contributed by atoms with Crippen LogP contribution in [-0.4, -0.2) is 45.1 Å². The van der Waals surface area contributed by atoms with E-state index in [1.54, 1.807) is 7.05 Å². The molecule has 2 rings (SSSR count). The summed E-state index contributed by atoms with van der Waals surface area (Å²) in [5, 5.41) is 0. The molecule has 2 aliphatic rings. The normalized spacial score (nSPS) is 26.7. The van der Waals surface area contributed by atoms with Crippen molar-refractivity contribution in [2.45, 2.75) is 63.5 Å². The Hall–Kier alpha value is -0.170. The molecule has 1 heterocycles. The highest BCUT2D eigenvalue weighted by molar-refractivity contribution is 7.87. The molecule has 1 saturated carbocycles. The van der Waals surface area contributed by atoms with Crippen LogP contribution in [-0.2, 0) is 14.9 Å². The number of hydrogen-bond acceptors (Lipinski definition) is 3. The molecule has 1 unspecified atom stereocenters. The van der Waals surface area contributed by atoms with E-state index in [9.17, 15) is 8.42 Å². The van der Waals surface area contributed by atoms with Gasteiger partial charge in [0.05, 0.1) is 6.10 Å². The van der Waals surface area contributed by atoms with Crippen LogP contribution >= 0.6 is 0 Å². The number of nitrogens with zero attached hydrogens (tertiary/aromatic N) is 1. The van der Waals surface area contributed by atoms with Crippen LogP contribution in [0.3, 0.4) is 0 Å². The predicted molar refractivity (Wildman–Crippen MR) is 75.1 cm³/mol. The molecule has 1 aliphatic heterocycles. The summed E-state index contributed by atoms with van der Waals surface area (Å²) in [6, 6.07) is 0.165. The highest BCUT2D eigenvalue weighted by atomic mass is 32.2. The highest BCUT2D eigenvalue weighted by Crippen LogP contribution is 2.23. The summed E-state index contributed by atoms with van der Waals surface area (Å²) in [7, 11) is -1.66. The fourth-order valence-electron chi connectivity index (χ4n) is 2.91. The van der Waals surface area contributed by atoms with Crippen LogP contribution in [0.1, 0.15) is 51.4 Å². The van der Waals surface area contributed by atoms with E-state index in [1.165, 1.54) is 10.7 Å². The highest BCUT2D eigenvalue weighted by Gasteiger charge is 2.28. The lowest BCUT2D eigenvalue weighted by Gasteiger charge is -2.31. The standard InChI is InChI=1S/C13H26N2O3S/c1-15(12-7-3-2-4-8-12)19(16,17)14-11-13-9-5-6-10-18-13/h12-14H,2-11H2,1H3. The Bertz CT molecular complexity index is 360. The molecule has 2 fully saturated rings. The zero-order chi connectivity index (χ0) is 13.7. The minimum Gasteiger partial charge on any atom is -0.377 e. The van der Waals surface area contributed by atoms with Gasteiger partial charge in [0.1, 0.15) is 0 Å². The summed E-state index contributed by atoms with van der Waals surface area (Å²) < 4.78 is 34.2. The van der Waals surface area contributed by atoms with Gasteiger partial charge in [-0.25, -0.2) is 0 Å². The Morgan fingerprint density at radius 3 is 2.42 bits per heavy atom. The molecule has 19 heavy (non-hydrogen) atoms. The van der Waals surface area contributed by atoms with E-state index < -0.39 is 10.2 Å². The Morgan fingerprint density at radius 2 is 1.79 bits per heavy atom. The van der Waals surface area contributed by atoms with E-state index in [-0.39, 0.29) is 12.1 Å². The number of rotatable bonds is 5. The average molecular weight is 290 g/mol. The first-order valence-electron chi connectivity index (χ1n) is 7.44. The van der Waals surface area contributed by atoms with Gasteiger partial charge in [0.15, 0.2) is 0 Å². The molecule has 1 saturated heterocycles. The second-order valence-corrected chi connectivity index (χ2v) is 7.46. The summed E-state index contributed by atoms with van der Waals surface area (Å²) in [4.78, 5) is 0. The number of hydrogen-bond donors (Lipinski definition) is 1. The van der Waals surface area contributed by atoms with Crippen molar-refractivity contribution < 1.29 is 13.2 Å². The molecule has 0 aromatic heterocycles. The molecule has 0 amide bonds. The van der Waals surface area contributed by atoms with Gasteiger partial charge in [-0.3, -0.25) is 0 Å². The second kappa shape index (κ2) is 7.02. The molecule has 0 bridgehead atoms. The maximum atomic E-state index is 12.2. The van der Waals surface area contributed by atoms with E-state index in [2.05, 4.69) is 4.72 Å². The summed E-state index contributed by atoms with van der Waals surface area (Å²) in [6.07, 6.45) is 8.68. The molecule has 0 aromatic rings. The quantitative estimate of drug-likeness (QED) is 0.837. The Kier molecular flexibility index (Phi) is 5.62. The molecule has 0 aromatic carbocycles. The van der Waals surface area contributed by atoms with Gasteiger partial charge >= 0.3 is 0 Å². The van der Waals surface area contributed by atoms with Gasteiger partial charge in [0.2, 0.25) is 0 Å². The number of ether oxygens (including phenoxy) is 1. The molecular weight excluding hydrogens is 264 g/mol. The summed E-state index contributed by atoms with van der Waals surface area (Å²) >= 11 is 0. The molecule has 0 spiro atoms. The third kappa shape index (κ3) is 4.41. The lowest BCUT2D eigenvalue weighted by Crippen LogP contribution is -2.47. The topological polar surface area (TPSA) is 58.6 Å². The first-order valence-corrected chi connectivity index (χ1v) is 8.88. The van der Waals surface area contributed by atoms with Crippen molar-refractivity contribution in [1.29, 1.82) is 0 Å². The smallest absolute Gasteiger partial charge is 0.279 e. The maximum Gasteiger partial charge on any atom is 0.279 e. The third-order valence-electron chi connectivity index (χ3n) is 4.24. The van der Waals surface area contributed by atoms with E-state index in [1.807, 2.05) is 0 Å². The van der Waals surface area contributed by atoms with E-state index >= 15 is 0 Å². The largest absolute Gasteiger partial charge is 0.377 e. The van der Waals surface area contributed by atoms with Gasteiger partial charge in [-0.05, 0) is 32.1 Å². The van der Waals surface area contributed by atoms with Crippen molar-refractivity contribution in [3.05, 3.63) is 0 Å². The monoisotopic (exact) mass is 290 g/mol. The molecule has 1 aliphatic carbocycles. The van der Waals surface area contributed by atoms with E-state index in [4.69, 9.17) is 4.74 Å². The summed E-state index contributed by atoms with van der Waals surface area (Å²) in [5.41, 5.74) is 0. The average Bonchev–Trinajstić information content (AvgIpc) is 2.46. The molecule has 112 valence electrons. The zero-order valence-electron chi connectivity index (χ0n) is 11.8. The zero-order valence-corrected chi connectivity index (χ0v) is 12.6. The van der Waals surface area contributed by atoms with Crippen molar-refractivity contribution in [2.75, 3.05) is 20.2 Å². The van der Waals surface area contributed by atoms with Crippen LogP contribution in [0.25, 0.3) is 0 Å². The van der Waals surface area contributed by atoms with Crippen molar-refractivity contribution >= 4 is 10.2 Å². The van der Waals surface area contributed by atoms with Crippen molar-refractivity contribution in [3.8, 4) is 0 Å². The van der Waals surface area contributed by atoms with Crippen LogP contribution in [0.4, 0.5) is 0 Å². The summed E-state index contributed by atoms with van der Waals surface area (Å²) in [6.45, 7) is 1.16. The summed E-state index contributed by atoms with van der Waals surface area (Å²) in [5.74, 6) is 0. The molecule has 1 atom stereocenters. The molecule has 1 N–H and O–H groups in total. The van der Waals surface area contributed by atoms with Gasteiger partial charge in [0.25, 0.3) is 10.2 Å². The van der Waals surface area contributed by atoms with E-state index in [0.717, 1.165) is 51.6 Å². The minimum atomic E-state index is -3.36. The third-order valence-corrected chi connectivity index (χ3v) is 5.82. The molecule has 0 radical (unpaired) electrons. The van der Waals surface area contributed by atoms with Crippen molar-refractivity contribution in [3.63, 3.8) is 0 Å². The Balaban J connectivity index is 1.82. The first kappa shape index (κ1) is 15.2. The lowest BCUT2D eigenvalue weighted by molar-refractivity contribution is 0.0197. The molecular formula is C13H26N2O3S. The lowest BCUT2D eigenvalue weighted by atomic mass is 9.96. The predicted octanol–water partition coefficient (Wildman–Crippen LogP) is 1.65. The Labute approximate surface area is 116 Å². The van der Waals surface area contributed by atoms with Gasteiger partial charge in [0, 0.05) is 26.2 Å². The molecule has 6 heteroatoms. The van der Waals surface area contributed by atoms with Crippen LogP contribution in [0.5, 0.6) is 0 Å². The molecule has 5 nitrogen and oxygen atoms in total. The van der Waals surface area contributed by atoms with Gasteiger partial charge in [-0.15, -0.1) is 0 Å². The fraction of sp³-hybridized carbons (Fsp3) is 1.00. The van der Waals surface area contributed by atoms with E-state index in [0.29, 0.717) is 6.54 Å². The van der Waals surface area contributed by atoms with Crippen molar-refractivity contribution in [2.24, 2.45) is 0 Å². The second-order valence-electron chi connectivity index (χ2n) is 5.65. The van der Waals surface area contributed by atoms with Crippen LogP contribution in [0.15, 0.2) is 0 Å². The van der Waals surface area contributed by atoms with Gasteiger partial charge in [-0.1, -0.05) is 19.3 Å². The van der Waals surface area contributed by atoms with Gasteiger partial charge < -0.3 is 4.74 Å². The van der Waals surface area contributed by atoms with Crippen molar-refractivity contribution in [1.82, 2.24) is 9.03 Å². The maximum absolute atomic E-state index is 12.2. The van der Waals surface area contributed by atoms with Crippen LogP contribution < -0.4 is 4.72 Å².